The van der Waals surface area contributed by atoms with E-state index in [-0.39, 0.29) is 5.56 Å². The summed E-state index contributed by atoms with van der Waals surface area (Å²) in [6.07, 6.45) is 0. The van der Waals surface area contributed by atoms with Gasteiger partial charge in [0.25, 0.3) is 11.8 Å². The standard InChI is InChI=1S/C14H9Br2FN2O2/c15-10-3-1-8(2-4-10)13(20)18-19-14(21)9-5-11(16)7-12(17)6-9/h1-7H,(H,18,20)(H,19,21). The molecule has 0 atom stereocenters. The zero-order chi connectivity index (χ0) is 15.4. The van der Waals surface area contributed by atoms with Crippen molar-refractivity contribution in [1.82, 2.24) is 10.9 Å². The molecule has 0 unspecified atom stereocenters. The molecule has 0 aliphatic carbocycles. The Kier molecular flexibility index (Phi) is 5.08. The molecule has 0 radical (unpaired) electrons. The molecule has 2 amide bonds. The molecule has 4 nitrogen and oxygen atoms in total. The van der Waals surface area contributed by atoms with Crippen molar-refractivity contribution in [3.63, 3.8) is 0 Å². The van der Waals surface area contributed by atoms with Gasteiger partial charge in [0.2, 0.25) is 0 Å². The molecular weight excluding hydrogens is 407 g/mol. The number of hydrogen-bond donors (Lipinski definition) is 2. The van der Waals surface area contributed by atoms with Crippen molar-refractivity contribution in [3.05, 3.63) is 68.4 Å². The Morgan fingerprint density at radius 2 is 1.38 bits per heavy atom. The minimum Gasteiger partial charge on any atom is -0.267 e. The van der Waals surface area contributed by atoms with Crippen LogP contribution in [0.2, 0.25) is 0 Å². The van der Waals surface area contributed by atoms with E-state index in [1.165, 1.54) is 12.1 Å². The van der Waals surface area contributed by atoms with E-state index in [9.17, 15) is 14.0 Å². The lowest BCUT2D eigenvalue weighted by Crippen LogP contribution is -2.41. The summed E-state index contributed by atoms with van der Waals surface area (Å²) < 4.78 is 14.5. The SMILES string of the molecule is O=C(NNC(=O)c1cc(F)cc(Br)c1)c1ccc(Br)cc1. The molecule has 0 spiro atoms. The van der Waals surface area contributed by atoms with E-state index in [2.05, 4.69) is 42.7 Å². The number of amides is 2. The van der Waals surface area contributed by atoms with Crippen LogP contribution in [-0.2, 0) is 0 Å². The smallest absolute Gasteiger partial charge is 0.267 e. The number of benzene rings is 2. The maximum absolute atomic E-state index is 13.2. The lowest BCUT2D eigenvalue weighted by molar-refractivity contribution is 0.0846. The monoisotopic (exact) mass is 414 g/mol. The van der Waals surface area contributed by atoms with Gasteiger partial charge in [0.1, 0.15) is 5.82 Å². The average Bonchev–Trinajstić information content (AvgIpc) is 2.44. The molecule has 2 aromatic rings. The lowest BCUT2D eigenvalue weighted by Gasteiger charge is -2.08. The van der Waals surface area contributed by atoms with Crippen LogP contribution in [0.25, 0.3) is 0 Å². The van der Waals surface area contributed by atoms with Gasteiger partial charge in [-0.3, -0.25) is 20.4 Å². The summed E-state index contributed by atoms with van der Waals surface area (Å²) in [6.45, 7) is 0. The highest BCUT2D eigenvalue weighted by Gasteiger charge is 2.10. The summed E-state index contributed by atoms with van der Waals surface area (Å²) in [5, 5.41) is 0. The minimum atomic E-state index is -0.610. The second-order valence-electron chi connectivity index (χ2n) is 4.07. The number of nitrogens with one attached hydrogen (secondary N) is 2. The summed E-state index contributed by atoms with van der Waals surface area (Å²) in [4.78, 5) is 23.6. The van der Waals surface area contributed by atoms with Gasteiger partial charge in [0.05, 0.1) is 0 Å². The van der Waals surface area contributed by atoms with Gasteiger partial charge >= 0.3 is 0 Å². The van der Waals surface area contributed by atoms with Gasteiger partial charge in [0.15, 0.2) is 0 Å². The van der Waals surface area contributed by atoms with Gasteiger partial charge < -0.3 is 0 Å². The molecular formula is C14H9Br2FN2O2. The fourth-order valence-corrected chi connectivity index (χ4v) is 2.27. The van der Waals surface area contributed by atoms with Crippen LogP contribution in [0, 0.1) is 5.82 Å². The van der Waals surface area contributed by atoms with Gasteiger partial charge in [-0.25, -0.2) is 4.39 Å². The van der Waals surface area contributed by atoms with E-state index < -0.39 is 17.6 Å². The molecule has 0 fully saturated rings. The summed E-state index contributed by atoms with van der Waals surface area (Å²) in [5.74, 6) is -1.62. The quantitative estimate of drug-likeness (QED) is 0.738. The van der Waals surface area contributed by atoms with Crippen LogP contribution in [0.3, 0.4) is 0 Å². The van der Waals surface area contributed by atoms with E-state index in [0.717, 1.165) is 10.5 Å². The fourth-order valence-electron chi connectivity index (χ4n) is 1.54. The van der Waals surface area contributed by atoms with Crippen LogP contribution < -0.4 is 10.9 Å². The largest absolute Gasteiger partial charge is 0.269 e. The first kappa shape index (κ1) is 15.7. The summed E-state index contributed by atoms with van der Waals surface area (Å²) >= 11 is 6.35. The second-order valence-corrected chi connectivity index (χ2v) is 5.90. The maximum atomic E-state index is 13.2. The Balaban J connectivity index is 2.00. The van der Waals surface area contributed by atoms with Crippen LogP contribution in [-0.4, -0.2) is 11.8 Å². The number of hydrazine groups is 1. The molecule has 0 aromatic heterocycles. The number of halogens is 3. The zero-order valence-corrected chi connectivity index (χ0v) is 13.7. The van der Waals surface area contributed by atoms with Crippen LogP contribution in [0.15, 0.2) is 51.4 Å². The molecule has 0 aliphatic heterocycles. The number of carbonyl (C=O) groups is 2. The van der Waals surface area contributed by atoms with E-state index >= 15 is 0 Å². The van der Waals surface area contributed by atoms with Crippen molar-refractivity contribution in [1.29, 1.82) is 0 Å². The third kappa shape index (κ3) is 4.37. The van der Waals surface area contributed by atoms with E-state index in [1.54, 1.807) is 24.3 Å². The Labute approximate surface area is 137 Å². The van der Waals surface area contributed by atoms with Crippen molar-refractivity contribution < 1.29 is 14.0 Å². The minimum absolute atomic E-state index is 0.0954. The second kappa shape index (κ2) is 6.82. The van der Waals surface area contributed by atoms with Crippen LogP contribution in [0.1, 0.15) is 20.7 Å². The molecule has 2 rings (SSSR count). The molecule has 0 saturated heterocycles. The van der Waals surface area contributed by atoms with E-state index in [4.69, 9.17) is 0 Å². The maximum Gasteiger partial charge on any atom is 0.269 e. The van der Waals surface area contributed by atoms with Gasteiger partial charge in [0, 0.05) is 20.1 Å². The lowest BCUT2D eigenvalue weighted by atomic mass is 10.2. The summed E-state index contributed by atoms with van der Waals surface area (Å²) in [6, 6.07) is 10.4. The van der Waals surface area contributed by atoms with Gasteiger partial charge in [-0.05, 0) is 42.5 Å². The summed E-state index contributed by atoms with van der Waals surface area (Å²) in [7, 11) is 0. The molecule has 108 valence electrons. The average molecular weight is 416 g/mol. The first-order chi connectivity index (χ1) is 9.95. The first-order valence-electron chi connectivity index (χ1n) is 5.78. The van der Waals surface area contributed by atoms with E-state index in [0.29, 0.717) is 10.0 Å². The molecule has 2 N–H and O–H groups in total. The van der Waals surface area contributed by atoms with E-state index in [1.807, 2.05) is 0 Å². The van der Waals surface area contributed by atoms with Crippen LogP contribution >= 0.6 is 31.9 Å². The Morgan fingerprint density at radius 1 is 0.810 bits per heavy atom. The van der Waals surface area contributed by atoms with Crippen molar-refractivity contribution in [2.45, 2.75) is 0 Å². The highest BCUT2D eigenvalue weighted by molar-refractivity contribution is 9.10. The molecule has 7 heteroatoms. The molecule has 0 heterocycles. The molecule has 21 heavy (non-hydrogen) atoms. The Hall–Kier alpha value is -1.73. The van der Waals surface area contributed by atoms with Crippen molar-refractivity contribution in [3.8, 4) is 0 Å². The van der Waals surface area contributed by atoms with Crippen molar-refractivity contribution in [2.24, 2.45) is 0 Å². The van der Waals surface area contributed by atoms with Gasteiger partial charge in [-0.2, -0.15) is 0 Å². The fraction of sp³-hybridized carbons (Fsp3) is 0. The molecule has 2 aromatic carbocycles. The molecule has 0 bridgehead atoms. The predicted molar refractivity (Wildman–Crippen MR) is 83.2 cm³/mol. The third-order valence-corrected chi connectivity index (χ3v) is 3.51. The first-order valence-corrected chi connectivity index (χ1v) is 7.36. The van der Waals surface area contributed by atoms with Crippen LogP contribution in [0.4, 0.5) is 4.39 Å². The topological polar surface area (TPSA) is 58.2 Å². The Morgan fingerprint density at radius 3 is 1.95 bits per heavy atom. The summed E-state index contributed by atoms with van der Waals surface area (Å²) in [5.41, 5.74) is 4.98. The highest BCUT2D eigenvalue weighted by atomic mass is 79.9. The number of carbonyl (C=O) groups excluding carboxylic acids is 2. The third-order valence-electron chi connectivity index (χ3n) is 2.52. The highest BCUT2D eigenvalue weighted by Crippen LogP contribution is 2.14. The van der Waals surface area contributed by atoms with Crippen molar-refractivity contribution >= 4 is 43.7 Å². The van der Waals surface area contributed by atoms with Gasteiger partial charge in [-0.15, -0.1) is 0 Å². The van der Waals surface area contributed by atoms with Gasteiger partial charge in [-0.1, -0.05) is 31.9 Å². The van der Waals surface area contributed by atoms with Crippen LogP contribution in [0.5, 0.6) is 0 Å². The van der Waals surface area contributed by atoms with Crippen molar-refractivity contribution in [2.75, 3.05) is 0 Å². The number of rotatable bonds is 2. The molecule has 0 aliphatic rings. The zero-order valence-electron chi connectivity index (χ0n) is 10.5. The predicted octanol–water partition coefficient (Wildman–Crippen LogP) is 3.43. The number of hydrogen-bond acceptors (Lipinski definition) is 2. The normalized spacial score (nSPS) is 10.0. The molecule has 0 saturated carbocycles. The Bertz CT molecular complexity index is 670.